The van der Waals surface area contributed by atoms with Gasteiger partial charge in [-0.05, 0) is 31.6 Å². The SMILES string of the molecule is CCC(C)CCCCCCCCCCC(=O)N1CCC(n2cc(C(=O)C(C)CC)cn2)CC1. The number of Topliss-reactive ketones (excluding diaryl/α,β-unsaturated/α-hetero) is 1. The van der Waals surface area contributed by atoms with E-state index in [9.17, 15) is 9.59 Å². The number of piperidine rings is 1. The van der Waals surface area contributed by atoms with Crippen LogP contribution in [0.1, 0.15) is 134 Å². The molecule has 0 aromatic carbocycles. The Balaban J connectivity index is 1.54. The number of rotatable bonds is 16. The number of likely N-dealkylation sites (tertiary alicyclic amines) is 1. The second-order valence-corrected chi connectivity index (χ2v) is 10.4. The first kappa shape index (κ1) is 27.6. The Kier molecular flexibility index (Phi) is 12.8. The van der Waals surface area contributed by atoms with E-state index in [4.69, 9.17) is 0 Å². The maximum atomic E-state index is 12.6. The number of unbranched alkanes of at least 4 members (excludes halogenated alkanes) is 7. The molecule has 188 valence electrons. The summed E-state index contributed by atoms with van der Waals surface area (Å²) in [5.74, 6) is 1.42. The number of hydrogen-bond acceptors (Lipinski definition) is 3. The molecule has 5 heteroatoms. The molecule has 2 rings (SSSR count). The van der Waals surface area contributed by atoms with E-state index in [-0.39, 0.29) is 17.7 Å². The smallest absolute Gasteiger partial charge is 0.222 e. The molecule has 1 amide bonds. The van der Waals surface area contributed by atoms with Gasteiger partial charge < -0.3 is 4.90 Å². The average molecular weight is 460 g/mol. The van der Waals surface area contributed by atoms with Crippen molar-refractivity contribution in [3.05, 3.63) is 18.0 Å². The van der Waals surface area contributed by atoms with Gasteiger partial charge in [-0.3, -0.25) is 14.3 Å². The summed E-state index contributed by atoms with van der Waals surface area (Å²) in [6.07, 6.45) is 19.9. The van der Waals surface area contributed by atoms with Crippen LogP contribution in [0.25, 0.3) is 0 Å². The third kappa shape index (κ3) is 9.62. The molecule has 2 atom stereocenters. The zero-order valence-electron chi connectivity index (χ0n) is 21.9. The summed E-state index contributed by atoms with van der Waals surface area (Å²) in [7, 11) is 0. The molecule has 1 aromatic rings. The molecule has 33 heavy (non-hydrogen) atoms. The molecule has 0 N–H and O–H groups in total. The van der Waals surface area contributed by atoms with Crippen LogP contribution in [-0.4, -0.2) is 39.5 Å². The molecule has 0 saturated carbocycles. The Morgan fingerprint density at radius 2 is 1.55 bits per heavy atom. The third-order valence-electron chi connectivity index (χ3n) is 7.67. The predicted octanol–water partition coefficient (Wildman–Crippen LogP) is 7.22. The standard InChI is InChI=1S/C28H49N3O2/c1-5-23(3)15-13-11-9-7-8-10-12-14-16-27(32)30-19-17-26(18-20-30)31-22-25(21-29-31)28(33)24(4)6-2/h21-24,26H,5-20H2,1-4H3. The molecule has 0 bridgehead atoms. The van der Waals surface area contributed by atoms with E-state index in [2.05, 4.69) is 18.9 Å². The number of carbonyl (C=O) groups excluding carboxylic acids is 2. The van der Waals surface area contributed by atoms with Crippen LogP contribution in [0.4, 0.5) is 0 Å². The average Bonchev–Trinajstić information content (AvgIpc) is 3.34. The van der Waals surface area contributed by atoms with Crippen LogP contribution in [0.3, 0.4) is 0 Å². The highest BCUT2D eigenvalue weighted by atomic mass is 16.2. The van der Waals surface area contributed by atoms with Gasteiger partial charge >= 0.3 is 0 Å². The highest BCUT2D eigenvalue weighted by Gasteiger charge is 2.25. The minimum atomic E-state index is 0.0431. The molecule has 1 aliphatic heterocycles. The normalized spacial score (nSPS) is 16.7. The molecule has 1 fully saturated rings. The van der Waals surface area contributed by atoms with Crippen LogP contribution in [0.5, 0.6) is 0 Å². The Labute approximate surface area is 202 Å². The number of carbonyl (C=O) groups is 2. The van der Waals surface area contributed by atoms with E-state index in [0.717, 1.165) is 44.7 Å². The minimum absolute atomic E-state index is 0.0431. The van der Waals surface area contributed by atoms with Crippen molar-refractivity contribution in [2.75, 3.05) is 13.1 Å². The summed E-state index contributed by atoms with van der Waals surface area (Å²) in [6.45, 7) is 10.3. The van der Waals surface area contributed by atoms with Gasteiger partial charge in [-0.2, -0.15) is 5.10 Å². The van der Waals surface area contributed by atoms with E-state index in [1.54, 1.807) is 6.20 Å². The maximum Gasteiger partial charge on any atom is 0.222 e. The Morgan fingerprint density at radius 1 is 0.939 bits per heavy atom. The van der Waals surface area contributed by atoms with Crippen molar-refractivity contribution in [1.29, 1.82) is 0 Å². The fourth-order valence-electron chi connectivity index (χ4n) is 4.71. The summed E-state index contributed by atoms with van der Waals surface area (Å²) in [5, 5.41) is 4.45. The van der Waals surface area contributed by atoms with E-state index >= 15 is 0 Å². The number of nitrogens with zero attached hydrogens (tertiary/aromatic N) is 3. The van der Waals surface area contributed by atoms with E-state index < -0.39 is 0 Å². The van der Waals surface area contributed by atoms with Gasteiger partial charge in [-0.25, -0.2) is 0 Å². The van der Waals surface area contributed by atoms with E-state index in [1.807, 2.05) is 29.6 Å². The summed E-state index contributed by atoms with van der Waals surface area (Å²) >= 11 is 0. The first-order valence-electron chi connectivity index (χ1n) is 13.8. The number of amides is 1. The van der Waals surface area contributed by atoms with Gasteiger partial charge in [-0.15, -0.1) is 0 Å². The zero-order valence-corrected chi connectivity index (χ0v) is 21.9. The highest BCUT2D eigenvalue weighted by molar-refractivity contribution is 5.97. The molecule has 2 heterocycles. The van der Waals surface area contributed by atoms with Crippen molar-refractivity contribution in [3.63, 3.8) is 0 Å². The lowest BCUT2D eigenvalue weighted by molar-refractivity contribution is -0.132. The van der Waals surface area contributed by atoms with Gasteiger partial charge in [0.2, 0.25) is 5.91 Å². The number of hydrogen-bond donors (Lipinski definition) is 0. The fraction of sp³-hybridized carbons (Fsp3) is 0.821. The molecule has 5 nitrogen and oxygen atoms in total. The van der Waals surface area contributed by atoms with Gasteiger partial charge in [0.25, 0.3) is 0 Å². The summed E-state index contributed by atoms with van der Waals surface area (Å²) in [5.41, 5.74) is 0.717. The molecular weight excluding hydrogens is 410 g/mol. The minimum Gasteiger partial charge on any atom is -0.343 e. The molecule has 1 saturated heterocycles. The lowest BCUT2D eigenvalue weighted by Gasteiger charge is -2.32. The zero-order chi connectivity index (χ0) is 24.1. The fourth-order valence-corrected chi connectivity index (χ4v) is 4.71. The first-order valence-corrected chi connectivity index (χ1v) is 13.8. The van der Waals surface area contributed by atoms with Crippen molar-refractivity contribution in [2.24, 2.45) is 11.8 Å². The van der Waals surface area contributed by atoms with Crippen molar-refractivity contribution >= 4 is 11.7 Å². The molecule has 0 radical (unpaired) electrons. The lowest BCUT2D eigenvalue weighted by Crippen LogP contribution is -2.39. The molecule has 2 unspecified atom stereocenters. The van der Waals surface area contributed by atoms with Crippen LogP contribution >= 0.6 is 0 Å². The largest absolute Gasteiger partial charge is 0.343 e. The summed E-state index contributed by atoms with van der Waals surface area (Å²) < 4.78 is 1.95. The van der Waals surface area contributed by atoms with Gasteiger partial charge in [0.05, 0.1) is 17.8 Å². The Bertz CT molecular complexity index is 691. The highest BCUT2D eigenvalue weighted by Crippen LogP contribution is 2.24. The van der Waals surface area contributed by atoms with Gasteiger partial charge in [0, 0.05) is 31.6 Å². The summed E-state index contributed by atoms with van der Waals surface area (Å²) in [4.78, 5) is 27.0. The Hall–Kier alpha value is -1.65. The molecule has 0 aliphatic carbocycles. The third-order valence-corrected chi connectivity index (χ3v) is 7.67. The topological polar surface area (TPSA) is 55.2 Å². The predicted molar refractivity (Wildman–Crippen MR) is 136 cm³/mol. The van der Waals surface area contributed by atoms with Crippen molar-refractivity contribution in [1.82, 2.24) is 14.7 Å². The number of aromatic nitrogens is 2. The van der Waals surface area contributed by atoms with Crippen LogP contribution in [-0.2, 0) is 4.79 Å². The monoisotopic (exact) mass is 459 g/mol. The van der Waals surface area contributed by atoms with Gasteiger partial charge in [0.1, 0.15) is 0 Å². The van der Waals surface area contributed by atoms with Crippen LogP contribution in [0.2, 0.25) is 0 Å². The van der Waals surface area contributed by atoms with Gasteiger partial charge in [-0.1, -0.05) is 85.5 Å². The Morgan fingerprint density at radius 3 is 2.15 bits per heavy atom. The van der Waals surface area contributed by atoms with E-state index in [1.165, 1.54) is 57.8 Å². The van der Waals surface area contributed by atoms with Crippen LogP contribution < -0.4 is 0 Å². The van der Waals surface area contributed by atoms with E-state index in [0.29, 0.717) is 17.9 Å². The first-order chi connectivity index (χ1) is 16.0. The molecule has 0 spiro atoms. The molecule has 1 aromatic heterocycles. The second kappa shape index (κ2) is 15.3. The van der Waals surface area contributed by atoms with Crippen molar-refractivity contribution in [2.45, 2.75) is 124 Å². The maximum absolute atomic E-state index is 12.6. The van der Waals surface area contributed by atoms with Crippen molar-refractivity contribution in [3.8, 4) is 0 Å². The molecular formula is C28H49N3O2. The second-order valence-electron chi connectivity index (χ2n) is 10.4. The molecule has 1 aliphatic rings. The summed E-state index contributed by atoms with van der Waals surface area (Å²) in [6, 6.07) is 0.290. The van der Waals surface area contributed by atoms with Crippen LogP contribution in [0, 0.1) is 11.8 Å². The van der Waals surface area contributed by atoms with Gasteiger partial charge in [0.15, 0.2) is 5.78 Å². The quantitative estimate of drug-likeness (QED) is 0.194. The van der Waals surface area contributed by atoms with Crippen LogP contribution in [0.15, 0.2) is 12.4 Å². The lowest BCUT2D eigenvalue weighted by atomic mass is 9.99. The van der Waals surface area contributed by atoms with Crippen molar-refractivity contribution < 1.29 is 9.59 Å². The number of ketones is 1.